The van der Waals surface area contributed by atoms with E-state index in [9.17, 15) is 4.79 Å². The van der Waals surface area contributed by atoms with Crippen LogP contribution < -0.4 is 10.2 Å². The van der Waals surface area contributed by atoms with Crippen LogP contribution in [0.3, 0.4) is 0 Å². The highest BCUT2D eigenvalue weighted by molar-refractivity contribution is 9.10. The lowest BCUT2D eigenvalue weighted by molar-refractivity contribution is -0.122. The van der Waals surface area contributed by atoms with Gasteiger partial charge in [-0.1, -0.05) is 15.9 Å². The van der Waals surface area contributed by atoms with Gasteiger partial charge in [0, 0.05) is 17.6 Å². The fourth-order valence-electron chi connectivity index (χ4n) is 1.95. The number of benzene rings is 1. The van der Waals surface area contributed by atoms with Crippen molar-refractivity contribution in [3.05, 3.63) is 28.2 Å². The molecule has 1 aromatic carbocycles. The zero-order valence-corrected chi connectivity index (χ0v) is 11.0. The molecule has 0 spiro atoms. The van der Waals surface area contributed by atoms with Crippen LogP contribution in [0.15, 0.2) is 22.7 Å². The van der Waals surface area contributed by atoms with Gasteiger partial charge in [-0.05, 0) is 25.1 Å². The van der Waals surface area contributed by atoms with E-state index in [0.29, 0.717) is 12.1 Å². The smallest absolute Gasteiger partial charge is 0.242 e. The molecule has 5 heteroatoms. The largest absolute Gasteiger partial charge is 0.357 e. The Morgan fingerprint density at radius 2 is 2.35 bits per heavy atom. The highest BCUT2D eigenvalue weighted by Gasteiger charge is 2.27. The first-order valence-corrected chi connectivity index (χ1v) is 6.17. The second-order valence-electron chi connectivity index (χ2n) is 3.93. The van der Waals surface area contributed by atoms with Crippen molar-refractivity contribution in [1.82, 2.24) is 5.32 Å². The van der Waals surface area contributed by atoms with Crippen LogP contribution in [0.25, 0.3) is 0 Å². The molecule has 0 aromatic heterocycles. The van der Waals surface area contributed by atoms with Gasteiger partial charge in [0.25, 0.3) is 0 Å². The van der Waals surface area contributed by atoms with Gasteiger partial charge >= 0.3 is 0 Å². The average molecular weight is 294 g/mol. The fraction of sp³-hybridized carbons (Fsp3) is 0.333. The van der Waals surface area contributed by atoms with Gasteiger partial charge in [-0.15, -0.1) is 0 Å². The minimum atomic E-state index is -0.245. The van der Waals surface area contributed by atoms with Gasteiger partial charge in [0.1, 0.15) is 12.1 Å². The van der Waals surface area contributed by atoms with E-state index >= 15 is 0 Å². The zero-order valence-electron chi connectivity index (χ0n) is 9.40. The molecule has 1 atom stereocenters. The summed E-state index contributed by atoms with van der Waals surface area (Å²) in [5.74, 6) is 0.000107. The highest BCUT2D eigenvalue weighted by atomic mass is 79.9. The Morgan fingerprint density at radius 1 is 1.59 bits per heavy atom. The lowest BCUT2D eigenvalue weighted by Crippen LogP contribution is -2.54. The average Bonchev–Trinajstić information content (AvgIpc) is 2.33. The summed E-state index contributed by atoms with van der Waals surface area (Å²) in [6, 6.07) is 7.39. The van der Waals surface area contributed by atoms with Crippen LogP contribution in [0.2, 0.25) is 0 Å². The van der Waals surface area contributed by atoms with Gasteiger partial charge in [-0.3, -0.25) is 4.79 Å². The normalized spacial score (nSPS) is 19.7. The molecule has 4 nitrogen and oxygen atoms in total. The van der Waals surface area contributed by atoms with Gasteiger partial charge in [0.2, 0.25) is 5.91 Å². The van der Waals surface area contributed by atoms with Gasteiger partial charge in [-0.2, -0.15) is 5.26 Å². The quantitative estimate of drug-likeness (QED) is 0.856. The predicted molar refractivity (Wildman–Crippen MR) is 68.7 cm³/mol. The maximum atomic E-state index is 11.6. The maximum Gasteiger partial charge on any atom is 0.242 e. The molecule has 2 rings (SSSR count). The standard InChI is InChI=1S/C12H12BrN3O/c1-8-12(17)15-4-5-16(8)11-6-10(13)3-2-9(11)7-14/h2-3,6,8H,4-5H2,1H3,(H,15,17). The van der Waals surface area contributed by atoms with Crippen molar-refractivity contribution in [1.29, 1.82) is 5.26 Å². The van der Waals surface area contributed by atoms with Gasteiger partial charge in [0.05, 0.1) is 11.3 Å². The molecule has 1 amide bonds. The van der Waals surface area contributed by atoms with E-state index in [1.807, 2.05) is 24.0 Å². The van der Waals surface area contributed by atoms with Crippen LogP contribution in [0, 0.1) is 11.3 Å². The Labute approximate surface area is 108 Å². The lowest BCUT2D eigenvalue weighted by atomic mass is 10.1. The molecule has 1 fully saturated rings. The first-order chi connectivity index (χ1) is 8.13. The van der Waals surface area contributed by atoms with Crippen molar-refractivity contribution in [3.8, 4) is 6.07 Å². The fourth-order valence-corrected chi connectivity index (χ4v) is 2.30. The van der Waals surface area contributed by atoms with Crippen LogP contribution in [0.4, 0.5) is 5.69 Å². The number of carbonyl (C=O) groups excluding carboxylic acids is 1. The number of halogens is 1. The summed E-state index contributed by atoms with van der Waals surface area (Å²) in [7, 11) is 0. The van der Waals surface area contributed by atoms with Crippen molar-refractivity contribution in [2.45, 2.75) is 13.0 Å². The van der Waals surface area contributed by atoms with Crippen LogP contribution >= 0.6 is 15.9 Å². The Bertz CT molecular complexity index is 495. The molecule has 88 valence electrons. The molecule has 1 aromatic rings. The molecule has 17 heavy (non-hydrogen) atoms. The van der Waals surface area contributed by atoms with E-state index in [0.717, 1.165) is 16.7 Å². The Hall–Kier alpha value is -1.54. The zero-order chi connectivity index (χ0) is 12.4. The number of carbonyl (C=O) groups is 1. The molecule has 1 N–H and O–H groups in total. The topological polar surface area (TPSA) is 56.1 Å². The molecular weight excluding hydrogens is 282 g/mol. The second kappa shape index (κ2) is 4.76. The summed E-state index contributed by atoms with van der Waals surface area (Å²) in [6.07, 6.45) is 0. The predicted octanol–water partition coefficient (Wildman–Crippen LogP) is 1.65. The third-order valence-electron chi connectivity index (χ3n) is 2.89. The van der Waals surface area contributed by atoms with Crippen LogP contribution in [-0.2, 0) is 4.79 Å². The number of nitriles is 1. The Morgan fingerprint density at radius 3 is 3.06 bits per heavy atom. The van der Waals surface area contributed by atoms with Gasteiger partial charge in [0.15, 0.2) is 0 Å². The number of amides is 1. The first kappa shape index (κ1) is 11.9. The monoisotopic (exact) mass is 293 g/mol. The third kappa shape index (κ3) is 2.27. The van der Waals surface area contributed by atoms with E-state index in [-0.39, 0.29) is 11.9 Å². The summed E-state index contributed by atoms with van der Waals surface area (Å²) in [5, 5.41) is 11.9. The molecule has 0 saturated carbocycles. The second-order valence-corrected chi connectivity index (χ2v) is 4.85. The summed E-state index contributed by atoms with van der Waals surface area (Å²) in [4.78, 5) is 13.6. The molecule has 1 aliphatic rings. The molecule has 0 aliphatic carbocycles. The Balaban J connectivity index is 2.42. The maximum absolute atomic E-state index is 11.6. The minimum Gasteiger partial charge on any atom is -0.357 e. The molecule has 0 radical (unpaired) electrons. The van der Waals surface area contributed by atoms with Gasteiger partial charge in [-0.25, -0.2) is 0 Å². The SMILES string of the molecule is CC1C(=O)NCCN1c1cc(Br)ccc1C#N. The van der Waals surface area contributed by atoms with Crippen molar-refractivity contribution < 1.29 is 4.79 Å². The van der Waals surface area contributed by atoms with E-state index in [1.54, 1.807) is 6.07 Å². The van der Waals surface area contributed by atoms with Crippen molar-refractivity contribution in [3.63, 3.8) is 0 Å². The van der Waals surface area contributed by atoms with Crippen molar-refractivity contribution in [2.75, 3.05) is 18.0 Å². The number of nitrogens with zero attached hydrogens (tertiary/aromatic N) is 2. The summed E-state index contributed by atoms with van der Waals surface area (Å²) >= 11 is 3.39. The van der Waals surface area contributed by atoms with Crippen molar-refractivity contribution >= 4 is 27.5 Å². The number of hydrogen-bond donors (Lipinski definition) is 1. The highest BCUT2D eigenvalue weighted by Crippen LogP contribution is 2.27. The third-order valence-corrected chi connectivity index (χ3v) is 3.38. The van der Waals surface area contributed by atoms with Gasteiger partial charge < -0.3 is 10.2 Å². The summed E-state index contributed by atoms with van der Waals surface area (Å²) in [5.41, 5.74) is 1.40. The number of piperazine rings is 1. The lowest BCUT2D eigenvalue weighted by Gasteiger charge is -2.35. The molecule has 1 saturated heterocycles. The molecule has 1 heterocycles. The number of nitrogens with one attached hydrogen (secondary N) is 1. The van der Waals surface area contributed by atoms with E-state index in [4.69, 9.17) is 5.26 Å². The summed E-state index contributed by atoms with van der Waals surface area (Å²) in [6.45, 7) is 3.18. The minimum absolute atomic E-state index is 0.000107. The number of hydrogen-bond acceptors (Lipinski definition) is 3. The van der Waals surface area contributed by atoms with Crippen LogP contribution in [0.5, 0.6) is 0 Å². The first-order valence-electron chi connectivity index (χ1n) is 5.37. The van der Waals surface area contributed by atoms with Crippen LogP contribution in [-0.4, -0.2) is 25.0 Å². The van der Waals surface area contributed by atoms with E-state index in [1.165, 1.54) is 0 Å². The number of anilines is 1. The van der Waals surface area contributed by atoms with Crippen LogP contribution in [0.1, 0.15) is 12.5 Å². The molecular formula is C12H12BrN3O. The van der Waals surface area contributed by atoms with Crippen molar-refractivity contribution in [2.24, 2.45) is 0 Å². The molecule has 1 aliphatic heterocycles. The van der Waals surface area contributed by atoms with E-state index in [2.05, 4.69) is 27.3 Å². The molecule has 1 unspecified atom stereocenters. The number of rotatable bonds is 1. The van der Waals surface area contributed by atoms with E-state index < -0.39 is 0 Å². The molecule has 0 bridgehead atoms. The Kier molecular flexibility index (Phi) is 3.34. The summed E-state index contributed by atoms with van der Waals surface area (Å²) < 4.78 is 0.907.